The van der Waals surface area contributed by atoms with Gasteiger partial charge < -0.3 is 22.3 Å². The number of carboxylic acid groups (broad SMARTS) is 1. The van der Waals surface area contributed by atoms with Gasteiger partial charge >= 0.3 is 5.97 Å². The van der Waals surface area contributed by atoms with Crippen molar-refractivity contribution < 1.29 is 14.7 Å². The number of nitrogens with two attached hydrogens (primary N) is 3. The Hall–Kier alpha value is -0.980. The van der Waals surface area contributed by atoms with Gasteiger partial charge in [-0.25, -0.2) is 0 Å². The van der Waals surface area contributed by atoms with Crippen LogP contribution in [0.15, 0.2) is 0 Å². The van der Waals surface area contributed by atoms with Crippen molar-refractivity contribution in [3.05, 3.63) is 0 Å². The highest BCUT2D eigenvalue weighted by atomic mass is 16.4. The summed E-state index contributed by atoms with van der Waals surface area (Å²) >= 11 is 0. The third-order valence-electron chi connectivity index (χ3n) is 1.39. The Labute approximate surface area is 69.7 Å². The van der Waals surface area contributed by atoms with Crippen molar-refractivity contribution in [1.29, 1.82) is 0 Å². The summed E-state index contributed by atoms with van der Waals surface area (Å²) in [5, 5.41) is 8.33. The van der Waals surface area contributed by atoms with Gasteiger partial charge in [0, 0.05) is 6.42 Å². The summed E-state index contributed by atoms with van der Waals surface area (Å²) in [5.74, 6) is -1.51. The van der Waals surface area contributed by atoms with Crippen LogP contribution in [0.3, 0.4) is 0 Å². The van der Waals surface area contributed by atoms with Gasteiger partial charge in [-0.3, -0.25) is 9.59 Å². The number of Topliss-reactive ketones (excluding diaryl/α,β-unsaturated/α-hetero) is 1. The van der Waals surface area contributed by atoms with Crippen LogP contribution in [-0.2, 0) is 9.59 Å². The summed E-state index contributed by atoms with van der Waals surface area (Å²) < 4.78 is 0. The largest absolute Gasteiger partial charge is 0.480 e. The summed E-state index contributed by atoms with van der Waals surface area (Å²) in [4.78, 5) is 21.0. The van der Waals surface area contributed by atoms with Crippen LogP contribution >= 0.6 is 0 Å². The van der Waals surface area contributed by atoms with Gasteiger partial charge in [-0.1, -0.05) is 0 Å². The summed E-state index contributed by atoms with van der Waals surface area (Å²) in [5.41, 5.74) is 15.2. The average molecular weight is 175 g/mol. The summed E-state index contributed by atoms with van der Waals surface area (Å²) in [7, 11) is 0. The fourth-order valence-electron chi connectivity index (χ4n) is 0.588. The standard InChI is InChI=1S/C6H13N3O3/c7-3(6(11)12)1-2-4(10)5(8)9/h3,5H,1-2,7-9H2,(H,11,12)/t3-/m0/s1. The van der Waals surface area contributed by atoms with E-state index in [1.165, 1.54) is 0 Å². The van der Waals surface area contributed by atoms with E-state index in [1.54, 1.807) is 0 Å². The minimum Gasteiger partial charge on any atom is -0.480 e. The number of hydrogen-bond acceptors (Lipinski definition) is 5. The molecule has 0 saturated heterocycles. The van der Waals surface area contributed by atoms with Crippen molar-refractivity contribution in [3.63, 3.8) is 0 Å². The zero-order valence-corrected chi connectivity index (χ0v) is 6.56. The Morgan fingerprint density at radius 3 is 2.08 bits per heavy atom. The number of carbonyl (C=O) groups is 2. The maximum Gasteiger partial charge on any atom is 0.320 e. The molecule has 0 aliphatic heterocycles. The summed E-state index contributed by atoms with van der Waals surface area (Å²) in [6.45, 7) is 0. The molecule has 0 saturated carbocycles. The zero-order valence-electron chi connectivity index (χ0n) is 6.56. The molecule has 12 heavy (non-hydrogen) atoms. The van der Waals surface area contributed by atoms with Crippen molar-refractivity contribution in [1.82, 2.24) is 0 Å². The molecule has 0 aliphatic rings. The summed E-state index contributed by atoms with van der Waals surface area (Å²) in [6, 6.07) is -1.02. The number of carbonyl (C=O) groups excluding carboxylic acids is 1. The smallest absolute Gasteiger partial charge is 0.320 e. The fraction of sp³-hybridized carbons (Fsp3) is 0.667. The first-order valence-corrected chi connectivity index (χ1v) is 3.47. The van der Waals surface area contributed by atoms with E-state index in [1.807, 2.05) is 0 Å². The van der Waals surface area contributed by atoms with E-state index in [2.05, 4.69) is 0 Å². The molecule has 70 valence electrons. The lowest BCUT2D eigenvalue weighted by Gasteiger charge is -2.06. The maximum absolute atomic E-state index is 10.8. The van der Waals surface area contributed by atoms with E-state index in [-0.39, 0.29) is 18.6 Å². The molecule has 0 rings (SSSR count). The third-order valence-corrected chi connectivity index (χ3v) is 1.39. The number of aliphatic carboxylic acids is 1. The van der Waals surface area contributed by atoms with Crippen LogP contribution in [0.5, 0.6) is 0 Å². The fourth-order valence-corrected chi connectivity index (χ4v) is 0.588. The van der Waals surface area contributed by atoms with Gasteiger partial charge in [0.1, 0.15) is 12.2 Å². The van der Waals surface area contributed by atoms with Gasteiger partial charge in [-0.05, 0) is 6.42 Å². The van der Waals surface area contributed by atoms with Gasteiger partial charge in [-0.2, -0.15) is 0 Å². The molecule has 0 aromatic carbocycles. The Balaban J connectivity index is 3.69. The molecule has 0 heterocycles. The maximum atomic E-state index is 10.8. The van der Waals surface area contributed by atoms with Gasteiger partial charge in [0.25, 0.3) is 0 Å². The zero-order chi connectivity index (χ0) is 9.72. The molecule has 0 aromatic rings. The predicted octanol–water partition coefficient (Wildman–Crippen LogP) is -2.01. The molecule has 0 radical (unpaired) electrons. The van der Waals surface area contributed by atoms with Crippen LogP contribution in [0.2, 0.25) is 0 Å². The van der Waals surface area contributed by atoms with Crippen molar-refractivity contribution in [2.24, 2.45) is 17.2 Å². The minimum atomic E-state index is -1.13. The van der Waals surface area contributed by atoms with Crippen molar-refractivity contribution in [3.8, 4) is 0 Å². The second kappa shape index (κ2) is 4.81. The lowest BCUT2D eigenvalue weighted by Crippen LogP contribution is -2.40. The second-order valence-corrected chi connectivity index (χ2v) is 2.48. The van der Waals surface area contributed by atoms with E-state index in [9.17, 15) is 9.59 Å². The minimum absolute atomic E-state index is 0.00509. The molecule has 0 aliphatic carbocycles. The van der Waals surface area contributed by atoms with E-state index in [4.69, 9.17) is 22.3 Å². The number of carboxylic acids is 1. The van der Waals surface area contributed by atoms with E-state index >= 15 is 0 Å². The molecule has 6 heteroatoms. The van der Waals surface area contributed by atoms with Crippen LogP contribution in [0, 0.1) is 0 Å². The van der Waals surface area contributed by atoms with Gasteiger partial charge in [-0.15, -0.1) is 0 Å². The van der Waals surface area contributed by atoms with Crippen LogP contribution in [0.25, 0.3) is 0 Å². The molecule has 7 N–H and O–H groups in total. The molecular formula is C6H13N3O3. The van der Waals surface area contributed by atoms with E-state index < -0.39 is 18.2 Å². The normalized spacial score (nSPS) is 13.0. The van der Waals surface area contributed by atoms with Crippen molar-refractivity contribution in [2.45, 2.75) is 25.0 Å². The predicted molar refractivity (Wildman–Crippen MR) is 42.0 cm³/mol. The van der Waals surface area contributed by atoms with Crippen LogP contribution < -0.4 is 17.2 Å². The molecule has 0 bridgehead atoms. The van der Waals surface area contributed by atoms with Crippen LogP contribution in [-0.4, -0.2) is 29.1 Å². The SMILES string of the molecule is NC(N)C(=O)CC[C@H](N)C(=O)O. The highest BCUT2D eigenvalue weighted by Gasteiger charge is 2.15. The van der Waals surface area contributed by atoms with E-state index in [0.29, 0.717) is 0 Å². The highest BCUT2D eigenvalue weighted by Crippen LogP contribution is 1.96. The molecule has 6 nitrogen and oxygen atoms in total. The first-order valence-electron chi connectivity index (χ1n) is 3.47. The van der Waals surface area contributed by atoms with Crippen molar-refractivity contribution >= 4 is 11.8 Å². The molecule has 0 fully saturated rings. The Morgan fingerprint density at radius 1 is 1.25 bits per heavy atom. The number of hydrogen-bond donors (Lipinski definition) is 4. The van der Waals surface area contributed by atoms with Crippen LogP contribution in [0.1, 0.15) is 12.8 Å². The molecular weight excluding hydrogens is 162 g/mol. The quantitative estimate of drug-likeness (QED) is 0.357. The Bertz CT molecular complexity index is 181. The van der Waals surface area contributed by atoms with Gasteiger partial charge in [0.2, 0.25) is 0 Å². The first kappa shape index (κ1) is 11.0. The highest BCUT2D eigenvalue weighted by molar-refractivity contribution is 5.83. The molecule has 0 aromatic heterocycles. The molecule has 0 spiro atoms. The van der Waals surface area contributed by atoms with E-state index in [0.717, 1.165) is 0 Å². The third kappa shape index (κ3) is 4.02. The molecule has 0 amide bonds. The topological polar surface area (TPSA) is 132 Å². The number of ketones is 1. The Morgan fingerprint density at radius 2 is 1.75 bits per heavy atom. The lowest BCUT2D eigenvalue weighted by molar-refractivity contribution is -0.138. The summed E-state index contributed by atoms with van der Waals surface area (Å²) in [6.07, 6.45) is -0.963. The first-order chi connectivity index (χ1) is 5.45. The second-order valence-electron chi connectivity index (χ2n) is 2.48. The van der Waals surface area contributed by atoms with Gasteiger partial charge in [0.15, 0.2) is 5.78 Å². The van der Waals surface area contributed by atoms with Crippen LogP contribution in [0.4, 0.5) is 0 Å². The molecule has 0 unspecified atom stereocenters. The lowest BCUT2D eigenvalue weighted by atomic mass is 10.1. The van der Waals surface area contributed by atoms with Crippen molar-refractivity contribution in [2.75, 3.05) is 0 Å². The average Bonchev–Trinajstić information content (AvgIpc) is 1.98. The Kier molecular flexibility index (Phi) is 4.42. The van der Waals surface area contributed by atoms with Gasteiger partial charge in [0.05, 0.1) is 0 Å². The number of rotatable bonds is 5. The monoisotopic (exact) mass is 175 g/mol. The molecule has 1 atom stereocenters.